The predicted molar refractivity (Wildman–Crippen MR) is 126 cm³/mol. The first-order chi connectivity index (χ1) is 15.5. The van der Waals surface area contributed by atoms with E-state index in [0.29, 0.717) is 11.4 Å². The Labute approximate surface area is 188 Å². The van der Waals surface area contributed by atoms with E-state index in [1.54, 1.807) is 30.7 Å². The van der Waals surface area contributed by atoms with Crippen LogP contribution in [0.1, 0.15) is 20.8 Å². The number of aromatic nitrogens is 3. The van der Waals surface area contributed by atoms with Gasteiger partial charge in [0.25, 0.3) is 0 Å². The molecule has 7 heteroatoms. The number of imidazole rings is 1. The first-order valence-corrected chi connectivity index (χ1v) is 11.0. The number of carboxylic acids is 1. The lowest BCUT2D eigenvalue weighted by Crippen LogP contribution is -2.04. The van der Waals surface area contributed by atoms with Gasteiger partial charge in [0.1, 0.15) is 10.6 Å². The van der Waals surface area contributed by atoms with Gasteiger partial charge in [-0.1, -0.05) is 18.2 Å². The lowest BCUT2D eigenvalue weighted by atomic mass is 10.0. The first kappa shape index (κ1) is 20.1. The van der Waals surface area contributed by atoms with E-state index >= 15 is 0 Å². The summed E-state index contributed by atoms with van der Waals surface area (Å²) in [6.07, 6.45) is 6.21. The molecule has 3 aromatic heterocycles. The number of nitrogens with zero attached hydrogens (tertiary/aromatic N) is 3. The molecule has 0 amide bonds. The van der Waals surface area contributed by atoms with Crippen molar-refractivity contribution in [2.24, 2.45) is 0 Å². The zero-order valence-electron chi connectivity index (χ0n) is 17.4. The van der Waals surface area contributed by atoms with Crippen molar-refractivity contribution in [1.82, 2.24) is 14.1 Å². The number of rotatable bonds is 6. The molecule has 2 aromatic carbocycles. The highest BCUT2D eigenvalue weighted by Gasteiger charge is 2.18. The molecule has 0 bridgehead atoms. The van der Waals surface area contributed by atoms with Crippen molar-refractivity contribution in [3.05, 3.63) is 89.3 Å². The minimum absolute atomic E-state index is 0.246. The number of benzene rings is 2. The normalized spacial score (nSPS) is 11.3. The zero-order valence-corrected chi connectivity index (χ0v) is 18.2. The van der Waals surface area contributed by atoms with Crippen LogP contribution in [0.2, 0.25) is 0 Å². The van der Waals surface area contributed by atoms with E-state index in [0.717, 1.165) is 44.7 Å². The van der Waals surface area contributed by atoms with E-state index in [9.17, 15) is 15.0 Å². The van der Waals surface area contributed by atoms with E-state index in [4.69, 9.17) is 0 Å². The molecular weight excluding hydrogens is 422 g/mol. The Bertz CT molecular complexity index is 1410. The minimum atomic E-state index is -0.904. The van der Waals surface area contributed by atoms with Crippen LogP contribution in [-0.4, -0.2) is 30.3 Å². The van der Waals surface area contributed by atoms with Crippen molar-refractivity contribution in [3.63, 3.8) is 0 Å². The van der Waals surface area contributed by atoms with Gasteiger partial charge in [-0.25, -0.2) is 9.78 Å². The Balaban J connectivity index is 1.57. The Morgan fingerprint density at radius 3 is 2.59 bits per heavy atom. The third-order valence-electron chi connectivity index (χ3n) is 5.65. The fourth-order valence-corrected chi connectivity index (χ4v) is 4.96. The summed E-state index contributed by atoms with van der Waals surface area (Å²) < 4.78 is 5.13. The average Bonchev–Trinajstić information content (AvgIpc) is 3.50. The molecule has 0 unspecified atom stereocenters. The molecule has 0 radical (unpaired) electrons. The summed E-state index contributed by atoms with van der Waals surface area (Å²) in [6.45, 7) is 2.78. The second-order valence-corrected chi connectivity index (χ2v) is 8.82. The van der Waals surface area contributed by atoms with Gasteiger partial charge in [-0.3, -0.25) is 0 Å². The number of aromatic carboxylic acids is 1. The second kappa shape index (κ2) is 8.01. The molecule has 2 N–H and O–H groups in total. The number of thiophene rings is 1. The fourth-order valence-electron chi connectivity index (χ4n) is 4.02. The third kappa shape index (κ3) is 3.67. The first-order valence-electron chi connectivity index (χ1n) is 10.2. The van der Waals surface area contributed by atoms with Gasteiger partial charge in [0.15, 0.2) is 0 Å². The molecule has 32 heavy (non-hydrogen) atoms. The lowest BCUT2D eigenvalue weighted by molar-refractivity contribution is 0.0702. The summed E-state index contributed by atoms with van der Waals surface area (Å²) >= 11 is 1.30. The standard InChI is InChI=1S/C25H21N3O3S/c1-16-12-18(27-11-9-26-15-27)4-7-20(16)21-13-23-22(14-24(32-23)25(30)31)28(21)10-8-17-2-5-19(29)6-3-17/h2-7,9,11-15,29H,8,10H2,1H3,(H,30,31). The second-order valence-electron chi connectivity index (χ2n) is 7.73. The van der Waals surface area contributed by atoms with Gasteiger partial charge in [-0.05, 0) is 60.9 Å². The molecule has 0 atom stereocenters. The van der Waals surface area contributed by atoms with Crippen molar-refractivity contribution >= 4 is 27.5 Å². The fraction of sp³-hybridized carbons (Fsp3) is 0.120. The number of fused-ring (bicyclic) bond motifs is 1. The summed E-state index contributed by atoms with van der Waals surface area (Å²) in [7, 11) is 0. The molecule has 0 saturated carbocycles. The van der Waals surface area contributed by atoms with Crippen LogP contribution in [0.4, 0.5) is 0 Å². The number of hydrogen-bond acceptors (Lipinski definition) is 4. The smallest absolute Gasteiger partial charge is 0.345 e. The average molecular weight is 444 g/mol. The number of aromatic hydroxyl groups is 1. The molecular formula is C25H21N3O3S. The Morgan fingerprint density at radius 2 is 1.91 bits per heavy atom. The van der Waals surface area contributed by atoms with Crippen molar-refractivity contribution in [2.75, 3.05) is 0 Å². The van der Waals surface area contributed by atoms with Crippen LogP contribution in [-0.2, 0) is 13.0 Å². The molecule has 0 spiro atoms. The lowest BCUT2D eigenvalue weighted by Gasteiger charge is -2.14. The highest BCUT2D eigenvalue weighted by atomic mass is 32.1. The van der Waals surface area contributed by atoms with Gasteiger partial charge in [0, 0.05) is 30.2 Å². The maximum atomic E-state index is 11.5. The van der Waals surface area contributed by atoms with Crippen LogP contribution >= 0.6 is 11.3 Å². The summed E-state index contributed by atoms with van der Waals surface area (Å²) in [6, 6.07) is 17.4. The van der Waals surface area contributed by atoms with E-state index in [-0.39, 0.29) is 5.75 Å². The SMILES string of the molecule is Cc1cc(-n2ccnc2)ccc1-c1cc2sc(C(=O)O)cc2n1CCc1ccc(O)cc1. The maximum Gasteiger partial charge on any atom is 0.345 e. The summed E-state index contributed by atoms with van der Waals surface area (Å²) in [5, 5.41) is 19.0. The highest BCUT2D eigenvalue weighted by Crippen LogP contribution is 2.36. The molecule has 160 valence electrons. The number of hydrogen-bond donors (Lipinski definition) is 2. The van der Waals surface area contributed by atoms with E-state index in [1.807, 2.05) is 22.9 Å². The molecule has 0 fully saturated rings. The third-order valence-corrected chi connectivity index (χ3v) is 6.71. The molecule has 0 aliphatic carbocycles. The number of carboxylic acid groups (broad SMARTS) is 1. The quantitative estimate of drug-likeness (QED) is 0.363. The number of carbonyl (C=O) groups is 1. The predicted octanol–water partition coefficient (Wildman–Crippen LogP) is 5.51. The van der Waals surface area contributed by atoms with Crippen molar-refractivity contribution < 1.29 is 15.0 Å². The van der Waals surface area contributed by atoms with Gasteiger partial charge < -0.3 is 19.3 Å². The number of phenols is 1. The maximum absolute atomic E-state index is 11.5. The van der Waals surface area contributed by atoms with Crippen LogP contribution in [0.3, 0.4) is 0 Å². The van der Waals surface area contributed by atoms with Crippen molar-refractivity contribution in [2.45, 2.75) is 19.9 Å². The molecule has 0 aliphatic rings. The zero-order chi connectivity index (χ0) is 22.2. The molecule has 3 heterocycles. The van der Waals surface area contributed by atoms with Crippen molar-refractivity contribution in [3.8, 4) is 22.7 Å². The van der Waals surface area contributed by atoms with E-state index in [1.165, 1.54) is 11.3 Å². The van der Waals surface area contributed by atoms with Gasteiger partial charge in [0.2, 0.25) is 0 Å². The van der Waals surface area contributed by atoms with Crippen molar-refractivity contribution in [1.29, 1.82) is 0 Å². The number of phenolic OH excluding ortho intramolecular Hbond substituents is 1. The van der Waals surface area contributed by atoms with E-state index < -0.39 is 5.97 Å². The minimum Gasteiger partial charge on any atom is -0.508 e. The van der Waals surface area contributed by atoms with Gasteiger partial charge in [-0.15, -0.1) is 11.3 Å². The molecule has 6 nitrogen and oxygen atoms in total. The van der Waals surface area contributed by atoms with Crippen LogP contribution in [0.25, 0.3) is 27.2 Å². The van der Waals surface area contributed by atoms with Gasteiger partial charge in [0.05, 0.1) is 22.2 Å². The van der Waals surface area contributed by atoms with Gasteiger partial charge >= 0.3 is 5.97 Å². The Kier molecular flexibility index (Phi) is 5.03. The summed E-state index contributed by atoms with van der Waals surface area (Å²) in [5.74, 6) is -0.658. The van der Waals surface area contributed by atoms with E-state index in [2.05, 4.69) is 40.7 Å². The number of aryl methyl sites for hydroxylation is 3. The van der Waals surface area contributed by atoms with Crippen LogP contribution < -0.4 is 0 Å². The molecule has 0 saturated heterocycles. The highest BCUT2D eigenvalue weighted by molar-refractivity contribution is 7.20. The Morgan fingerprint density at radius 1 is 1.09 bits per heavy atom. The molecule has 0 aliphatic heterocycles. The van der Waals surface area contributed by atoms with Gasteiger partial charge in [-0.2, -0.15) is 0 Å². The molecule has 5 aromatic rings. The largest absolute Gasteiger partial charge is 0.508 e. The van der Waals surface area contributed by atoms with Crippen LogP contribution in [0.15, 0.2) is 73.3 Å². The monoisotopic (exact) mass is 443 g/mol. The summed E-state index contributed by atoms with van der Waals surface area (Å²) in [4.78, 5) is 16.0. The van der Waals surface area contributed by atoms with Crippen LogP contribution in [0, 0.1) is 6.92 Å². The topological polar surface area (TPSA) is 80.3 Å². The summed E-state index contributed by atoms with van der Waals surface area (Å²) in [5.41, 5.74) is 6.39. The molecule has 5 rings (SSSR count). The van der Waals surface area contributed by atoms with Crippen LogP contribution in [0.5, 0.6) is 5.75 Å². The Hall–Kier alpha value is -3.84.